The molecule has 3 heterocycles. The van der Waals surface area contributed by atoms with Gasteiger partial charge in [0.05, 0.1) is 17.6 Å². The Morgan fingerprint density at radius 2 is 1.60 bits per heavy atom. The van der Waals surface area contributed by atoms with E-state index in [1.807, 2.05) is 6.07 Å². The van der Waals surface area contributed by atoms with Gasteiger partial charge in [0, 0.05) is 30.5 Å². The molecule has 1 fully saturated rings. The molecule has 2 aromatic heterocycles. The van der Waals surface area contributed by atoms with Gasteiger partial charge in [-0.1, -0.05) is 48.0 Å². The Kier molecular flexibility index (Phi) is 4.75. The lowest BCUT2D eigenvalue weighted by Crippen LogP contribution is -2.46. The SMILES string of the molecule is Cc1ccc(-n2cc(-c3ccccc3)c3c(N4C[C@@H](C)O[C@H](C)C4)ncnc32)cc1. The highest BCUT2D eigenvalue weighted by atomic mass is 16.5. The molecular formula is C25H26N4O. The lowest BCUT2D eigenvalue weighted by Gasteiger charge is -2.36. The van der Waals surface area contributed by atoms with E-state index in [2.05, 4.69) is 85.0 Å². The van der Waals surface area contributed by atoms with Crippen LogP contribution in [0.5, 0.6) is 0 Å². The Labute approximate surface area is 177 Å². The van der Waals surface area contributed by atoms with Crippen molar-refractivity contribution >= 4 is 16.9 Å². The van der Waals surface area contributed by atoms with Crippen LogP contribution in [0.2, 0.25) is 0 Å². The average molecular weight is 399 g/mol. The van der Waals surface area contributed by atoms with E-state index in [0.29, 0.717) is 0 Å². The van der Waals surface area contributed by atoms with Gasteiger partial charge < -0.3 is 14.2 Å². The summed E-state index contributed by atoms with van der Waals surface area (Å²) in [6.45, 7) is 7.99. The van der Waals surface area contributed by atoms with Crippen molar-refractivity contribution in [3.8, 4) is 16.8 Å². The van der Waals surface area contributed by atoms with Crippen molar-refractivity contribution < 1.29 is 4.74 Å². The summed E-state index contributed by atoms with van der Waals surface area (Å²) in [5.41, 5.74) is 5.58. The first-order valence-corrected chi connectivity index (χ1v) is 10.5. The highest BCUT2D eigenvalue weighted by Crippen LogP contribution is 2.37. The number of ether oxygens (including phenoxy) is 1. The molecule has 5 nitrogen and oxygen atoms in total. The largest absolute Gasteiger partial charge is 0.372 e. The van der Waals surface area contributed by atoms with Gasteiger partial charge in [0.15, 0.2) is 5.65 Å². The van der Waals surface area contributed by atoms with E-state index in [9.17, 15) is 0 Å². The number of morpholine rings is 1. The van der Waals surface area contributed by atoms with Crippen LogP contribution in [0.3, 0.4) is 0 Å². The van der Waals surface area contributed by atoms with Crippen LogP contribution in [0.15, 0.2) is 67.1 Å². The molecule has 5 heteroatoms. The lowest BCUT2D eigenvalue weighted by molar-refractivity contribution is -0.00537. The minimum atomic E-state index is 0.165. The predicted octanol–water partition coefficient (Wildman–Crippen LogP) is 5.01. The molecule has 30 heavy (non-hydrogen) atoms. The van der Waals surface area contributed by atoms with Crippen molar-refractivity contribution in [2.24, 2.45) is 0 Å². The van der Waals surface area contributed by atoms with Crippen LogP contribution in [-0.2, 0) is 4.74 Å². The zero-order valence-corrected chi connectivity index (χ0v) is 17.6. The molecule has 1 aliphatic rings. The zero-order valence-electron chi connectivity index (χ0n) is 17.6. The van der Waals surface area contributed by atoms with E-state index < -0.39 is 0 Å². The third-order valence-electron chi connectivity index (χ3n) is 5.68. The summed E-state index contributed by atoms with van der Waals surface area (Å²) >= 11 is 0. The second-order valence-corrected chi connectivity index (χ2v) is 8.17. The molecule has 0 N–H and O–H groups in total. The Morgan fingerprint density at radius 3 is 2.30 bits per heavy atom. The molecular weight excluding hydrogens is 372 g/mol. The Hall–Kier alpha value is -3.18. The van der Waals surface area contributed by atoms with Crippen LogP contribution in [0.25, 0.3) is 27.8 Å². The van der Waals surface area contributed by atoms with Crippen LogP contribution >= 0.6 is 0 Å². The summed E-state index contributed by atoms with van der Waals surface area (Å²) in [6, 6.07) is 19.1. The average Bonchev–Trinajstić information content (AvgIpc) is 3.14. The second-order valence-electron chi connectivity index (χ2n) is 8.17. The lowest BCUT2D eigenvalue weighted by atomic mass is 10.1. The summed E-state index contributed by atoms with van der Waals surface area (Å²) in [4.78, 5) is 11.8. The van der Waals surface area contributed by atoms with Gasteiger partial charge in [-0.25, -0.2) is 9.97 Å². The number of hydrogen-bond acceptors (Lipinski definition) is 4. The minimum absolute atomic E-state index is 0.165. The molecule has 0 spiro atoms. The zero-order chi connectivity index (χ0) is 20.7. The topological polar surface area (TPSA) is 43.2 Å². The minimum Gasteiger partial charge on any atom is -0.372 e. The number of benzene rings is 2. The fourth-order valence-corrected chi connectivity index (χ4v) is 4.38. The molecule has 152 valence electrons. The van der Waals surface area contributed by atoms with E-state index in [4.69, 9.17) is 14.7 Å². The molecule has 1 saturated heterocycles. The maximum Gasteiger partial charge on any atom is 0.150 e. The van der Waals surface area contributed by atoms with Gasteiger partial charge in [0.25, 0.3) is 0 Å². The van der Waals surface area contributed by atoms with E-state index in [0.717, 1.165) is 41.2 Å². The number of fused-ring (bicyclic) bond motifs is 1. The van der Waals surface area contributed by atoms with Crippen molar-refractivity contribution in [1.29, 1.82) is 0 Å². The van der Waals surface area contributed by atoms with Crippen molar-refractivity contribution in [2.75, 3.05) is 18.0 Å². The summed E-state index contributed by atoms with van der Waals surface area (Å²) in [6.07, 6.45) is 4.20. The van der Waals surface area contributed by atoms with E-state index in [1.165, 1.54) is 11.1 Å². The summed E-state index contributed by atoms with van der Waals surface area (Å²) in [7, 11) is 0. The number of hydrogen-bond donors (Lipinski definition) is 0. The third-order valence-corrected chi connectivity index (χ3v) is 5.68. The molecule has 1 aliphatic heterocycles. The Morgan fingerprint density at radius 1 is 0.900 bits per heavy atom. The van der Waals surface area contributed by atoms with Crippen LogP contribution in [-0.4, -0.2) is 39.8 Å². The molecule has 2 atom stereocenters. The Balaban J connectivity index is 1.75. The number of anilines is 1. The fraction of sp³-hybridized carbons (Fsp3) is 0.280. The summed E-state index contributed by atoms with van der Waals surface area (Å²) in [5.74, 6) is 0.978. The van der Waals surface area contributed by atoms with E-state index in [1.54, 1.807) is 6.33 Å². The monoisotopic (exact) mass is 398 g/mol. The van der Waals surface area contributed by atoms with Crippen molar-refractivity contribution in [3.63, 3.8) is 0 Å². The quantitative estimate of drug-likeness (QED) is 0.487. The van der Waals surface area contributed by atoms with Crippen LogP contribution in [0.4, 0.5) is 5.82 Å². The number of aryl methyl sites for hydroxylation is 1. The molecule has 0 aliphatic carbocycles. The smallest absolute Gasteiger partial charge is 0.150 e. The predicted molar refractivity (Wildman–Crippen MR) is 121 cm³/mol. The van der Waals surface area contributed by atoms with Gasteiger partial charge in [-0.15, -0.1) is 0 Å². The molecule has 5 rings (SSSR count). The standard InChI is InChI=1S/C25H26N4O/c1-17-9-11-21(12-10-17)29-15-22(20-7-5-4-6-8-20)23-24(26-16-27-25(23)29)28-13-18(2)30-19(3)14-28/h4-12,15-16,18-19H,13-14H2,1-3H3/t18-,19-/m1/s1. The van der Waals surface area contributed by atoms with Crippen LogP contribution in [0.1, 0.15) is 19.4 Å². The molecule has 4 aromatic rings. The van der Waals surface area contributed by atoms with Gasteiger partial charge in [-0.2, -0.15) is 0 Å². The number of nitrogens with zero attached hydrogens (tertiary/aromatic N) is 4. The first kappa shape index (κ1) is 18.8. The fourth-order valence-electron chi connectivity index (χ4n) is 4.38. The molecule has 0 bridgehead atoms. The number of aromatic nitrogens is 3. The second kappa shape index (κ2) is 7.58. The first-order valence-electron chi connectivity index (χ1n) is 10.5. The maximum atomic E-state index is 5.96. The van der Waals surface area contributed by atoms with Gasteiger partial charge >= 0.3 is 0 Å². The number of rotatable bonds is 3. The molecule has 0 unspecified atom stereocenters. The van der Waals surface area contributed by atoms with E-state index in [-0.39, 0.29) is 12.2 Å². The normalized spacial score (nSPS) is 19.4. The van der Waals surface area contributed by atoms with Gasteiger partial charge in [0.2, 0.25) is 0 Å². The molecule has 2 aromatic carbocycles. The van der Waals surface area contributed by atoms with Crippen LogP contribution in [0, 0.1) is 6.92 Å². The van der Waals surface area contributed by atoms with Crippen molar-refractivity contribution in [3.05, 3.63) is 72.7 Å². The van der Waals surface area contributed by atoms with Gasteiger partial charge in [0.1, 0.15) is 12.1 Å². The highest BCUT2D eigenvalue weighted by molar-refractivity contribution is 6.02. The van der Waals surface area contributed by atoms with Gasteiger partial charge in [-0.3, -0.25) is 0 Å². The van der Waals surface area contributed by atoms with Gasteiger partial charge in [-0.05, 0) is 38.5 Å². The molecule has 0 saturated carbocycles. The third kappa shape index (κ3) is 3.35. The van der Waals surface area contributed by atoms with Crippen molar-refractivity contribution in [2.45, 2.75) is 33.0 Å². The van der Waals surface area contributed by atoms with E-state index >= 15 is 0 Å². The highest BCUT2D eigenvalue weighted by Gasteiger charge is 2.27. The maximum absolute atomic E-state index is 5.96. The first-order chi connectivity index (χ1) is 14.6. The molecule has 0 amide bonds. The van der Waals surface area contributed by atoms with Crippen molar-refractivity contribution in [1.82, 2.24) is 14.5 Å². The molecule has 0 radical (unpaired) electrons. The summed E-state index contributed by atoms with van der Waals surface area (Å²) < 4.78 is 8.14. The Bertz CT molecular complexity index is 1160. The summed E-state index contributed by atoms with van der Waals surface area (Å²) in [5, 5.41) is 1.09. The van der Waals surface area contributed by atoms with Crippen LogP contribution < -0.4 is 4.90 Å².